The van der Waals surface area contributed by atoms with Crippen LogP contribution in [0, 0.1) is 12.7 Å². The Balaban J connectivity index is 1.64. The number of pyridine rings is 2. The summed E-state index contributed by atoms with van der Waals surface area (Å²) in [6.07, 6.45) is 3.71. The summed E-state index contributed by atoms with van der Waals surface area (Å²) in [5.41, 5.74) is 3.59. The second-order valence-corrected chi connectivity index (χ2v) is 7.77. The third-order valence-corrected chi connectivity index (χ3v) is 5.58. The van der Waals surface area contributed by atoms with Crippen molar-refractivity contribution in [2.24, 2.45) is 0 Å². The van der Waals surface area contributed by atoms with Crippen LogP contribution in [0.3, 0.4) is 0 Å². The Kier molecular flexibility index (Phi) is 5.13. The highest BCUT2D eigenvalue weighted by atomic mass is 35.5. The number of aromatic nitrogens is 2. The number of hydrogen-bond acceptors (Lipinski definition) is 4. The molecular formula is C22H21ClFN3O2. The van der Waals surface area contributed by atoms with Crippen LogP contribution in [-0.4, -0.2) is 23.0 Å². The van der Waals surface area contributed by atoms with E-state index in [1.807, 2.05) is 19.9 Å². The van der Waals surface area contributed by atoms with Crippen LogP contribution in [0.25, 0.3) is 10.9 Å². The van der Waals surface area contributed by atoms with Gasteiger partial charge in [0.1, 0.15) is 0 Å². The monoisotopic (exact) mass is 413 g/mol. The second-order valence-electron chi connectivity index (χ2n) is 7.39. The maximum absolute atomic E-state index is 13.6. The molecule has 0 spiro atoms. The van der Waals surface area contributed by atoms with Crippen molar-refractivity contribution < 1.29 is 13.9 Å². The Morgan fingerprint density at radius 3 is 2.79 bits per heavy atom. The van der Waals surface area contributed by atoms with Crippen molar-refractivity contribution in [2.75, 3.05) is 7.11 Å². The van der Waals surface area contributed by atoms with Crippen LogP contribution >= 0.6 is 11.6 Å². The first kappa shape index (κ1) is 19.6. The van der Waals surface area contributed by atoms with E-state index in [2.05, 4.69) is 15.3 Å². The molecular weight excluding hydrogens is 393 g/mol. The van der Waals surface area contributed by atoms with Gasteiger partial charge in [0, 0.05) is 23.2 Å². The van der Waals surface area contributed by atoms with E-state index in [9.17, 15) is 9.18 Å². The van der Waals surface area contributed by atoms with Gasteiger partial charge in [0.15, 0.2) is 11.6 Å². The topological polar surface area (TPSA) is 64.1 Å². The molecule has 150 valence electrons. The van der Waals surface area contributed by atoms with Crippen LogP contribution in [0.1, 0.15) is 59.0 Å². The van der Waals surface area contributed by atoms with Crippen LogP contribution < -0.4 is 10.1 Å². The fourth-order valence-electron chi connectivity index (χ4n) is 3.43. The predicted octanol–water partition coefficient (Wildman–Crippen LogP) is 5.11. The molecule has 2 heterocycles. The van der Waals surface area contributed by atoms with Gasteiger partial charge in [-0.25, -0.2) is 4.39 Å². The summed E-state index contributed by atoms with van der Waals surface area (Å²) < 4.78 is 18.7. The Morgan fingerprint density at radius 2 is 2.10 bits per heavy atom. The molecule has 7 heteroatoms. The minimum Gasteiger partial charge on any atom is -0.494 e. The van der Waals surface area contributed by atoms with Gasteiger partial charge in [-0.05, 0) is 50.5 Å². The van der Waals surface area contributed by atoms with Crippen molar-refractivity contribution in [3.05, 3.63) is 63.8 Å². The summed E-state index contributed by atoms with van der Waals surface area (Å²) >= 11 is 6.61. The molecule has 2 aromatic heterocycles. The molecule has 1 aliphatic rings. The number of hydrogen-bond donors (Lipinski definition) is 1. The lowest BCUT2D eigenvalue weighted by molar-refractivity contribution is 0.0939. The van der Waals surface area contributed by atoms with Crippen molar-refractivity contribution in [3.63, 3.8) is 0 Å². The summed E-state index contributed by atoms with van der Waals surface area (Å²) in [5.74, 6) is -0.242. The summed E-state index contributed by atoms with van der Waals surface area (Å²) in [6, 6.07) is 5.99. The molecule has 1 fully saturated rings. The van der Waals surface area contributed by atoms with Crippen LogP contribution in [0.15, 0.2) is 30.5 Å². The standard InChI is InChI=1S/C22H21ClFN3O2/c1-11-8-15-19(23)16(10-25-21(15)20(26-11)13-4-5-13)22(28)27-12(2)14-6-7-17(24)18(9-14)29-3/h6-10,12-13H,4-5H2,1-3H3,(H,27,28)/t12-/m0/s1. The molecule has 5 nitrogen and oxygen atoms in total. The van der Waals surface area contributed by atoms with Crippen molar-refractivity contribution in [2.45, 2.75) is 38.6 Å². The van der Waals surface area contributed by atoms with Gasteiger partial charge in [0.05, 0.1) is 34.9 Å². The van der Waals surface area contributed by atoms with Crippen LogP contribution in [0.2, 0.25) is 5.02 Å². The number of rotatable bonds is 5. The molecule has 1 aliphatic carbocycles. The van der Waals surface area contributed by atoms with Gasteiger partial charge in [-0.2, -0.15) is 0 Å². The number of halogens is 2. The first-order valence-electron chi connectivity index (χ1n) is 9.49. The fourth-order valence-corrected chi connectivity index (χ4v) is 3.71. The van der Waals surface area contributed by atoms with Crippen LogP contribution in [0.4, 0.5) is 4.39 Å². The number of amides is 1. The molecule has 29 heavy (non-hydrogen) atoms. The molecule has 1 N–H and O–H groups in total. The van der Waals surface area contributed by atoms with E-state index in [1.54, 1.807) is 12.1 Å². The number of methoxy groups -OCH3 is 1. The van der Waals surface area contributed by atoms with Gasteiger partial charge < -0.3 is 10.1 Å². The van der Waals surface area contributed by atoms with Gasteiger partial charge in [-0.3, -0.25) is 14.8 Å². The van der Waals surface area contributed by atoms with E-state index in [-0.39, 0.29) is 17.7 Å². The maximum atomic E-state index is 13.6. The number of carbonyl (C=O) groups is 1. The number of nitrogens with one attached hydrogen (secondary N) is 1. The number of aryl methyl sites for hydroxylation is 1. The van der Waals surface area contributed by atoms with E-state index in [0.29, 0.717) is 16.5 Å². The molecule has 4 rings (SSSR count). The highest BCUT2D eigenvalue weighted by Crippen LogP contribution is 2.42. The van der Waals surface area contributed by atoms with Gasteiger partial charge in [-0.15, -0.1) is 0 Å². The Morgan fingerprint density at radius 1 is 1.34 bits per heavy atom. The highest BCUT2D eigenvalue weighted by molar-refractivity contribution is 6.38. The Hall–Kier alpha value is -2.73. The molecule has 0 bridgehead atoms. The zero-order chi connectivity index (χ0) is 20.7. The lowest BCUT2D eigenvalue weighted by atomic mass is 10.1. The normalized spacial score (nSPS) is 14.7. The molecule has 0 radical (unpaired) electrons. The van der Waals surface area contributed by atoms with Crippen molar-refractivity contribution >= 4 is 28.4 Å². The molecule has 3 aromatic rings. The second kappa shape index (κ2) is 7.59. The summed E-state index contributed by atoms with van der Waals surface area (Å²) in [5, 5.41) is 4.00. The van der Waals surface area contributed by atoms with Crippen molar-refractivity contribution in [1.82, 2.24) is 15.3 Å². The van der Waals surface area contributed by atoms with E-state index >= 15 is 0 Å². The smallest absolute Gasteiger partial charge is 0.254 e. The minimum absolute atomic E-state index is 0.129. The number of carbonyl (C=O) groups excluding carboxylic acids is 1. The number of ether oxygens (including phenoxy) is 1. The van der Waals surface area contributed by atoms with E-state index in [4.69, 9.17) is 16.3 Å². The molecule has 0 aliphatic heterocycles. The average Bonchev–Trinajstić information content (AvgIpc) is 3.53. The molecule has 1 atom stereocenters. The third-order valence-electron chi connectivity index (χ3n) is 5.17. The van der Waals surface area contributed by atoms with E-state index in [0.717, 1.165) is 40.7 Å². The maximum Gasteiger partial charge on any atom is 0.254 e. The van der Waals surface area contributed by atoms with Crippen molar-refractivity contribution in [1.29, 1.82) is 0 Å². The van der Waals surface area contributed by atoms with Gasteiger partial charge in [0.2, 0.25) is 0 Å². The zero-order valence-corrected chi connectivity index (χ0v) is 17.2. The lowest BCUT2D eigenvalue weighted by Gasteiger charge is -2.17. The minimum atomic E-state index is -0.452. The Bertz CT molecular complexity index is 1110. The fraction of sp³-hybridized carbons (Fsp3) is 0.318. The summed E-state index contributed by atoms with van der Waals surface area (Å²) in [6.45, 7) is 3.73. The number of fused-ring (bicyclic) bond motifs is 1. The van der Waals surface area contributed by atoms with Crippen LogP contribution in [-0.2, 0) is 0 Å². The number of nitrogens with zero attached hydrogens (tertiary/aromatic N) is 2. The Labute approximate surface area is 173 Å². The molecule has 1 saturated carbocycles. The molecule has 1 amide bonds. The third kappa shape index (κ3) is 3.77. The average molecular weight is 414 g/mol. The first-order valence-corrected chi connectivity index (χ1v) is 9.87. The molecule has 0 saturated heterocycles. The van der Waals surface area contributed by atoms with Crippen molar-refractivity contribution in [3.8, 4) is 5.75 Å². The number of benzene rings is 1. The van der Waals surface area contributed by atoms with E-state index in [1.165, 1.54) is 19.4 Å². The van der Waals surface area contributed by atoms with Gasteiger partial charge >= 0.3 is 0 Å². The zero-order valence-electron chi connectivity index (χ0n) is 16.4. The summed E-state index contributed by atoms with van der Waals surface area (Å²) in [4.78, 5) is 22.0. The lowest BCUT2D eigenvalue weighted by Crippen LogP contribution is -2.27. The molecule has 0 unspecified atom stereocenters. The summed E-state index contributed by atoms with van der Waals surface area (Å²) in [7, 11) is 1.40. The highest BCUT2D eigenvalue weighted by Gasteiger charge is 2.29. The van der Waals surface area contributed by atoms with Gasteiger partial charge in [0.25, 0.3) is 5.91 Å². The van der Waals surface area contributed by atoms with E-state index < -0.39 is 5.82 Å². The largest absolute Gasteiger partial charge is 0.494 e. The SMILES string of the molecule is COc1cc([C@H](C)NC(=O)c2cnc3c(C4CC4)nc(C)cc3c2Cl)ccc1F. The quantitative estimate of drug-likeness (QED) is 0.631. The molecule has 1 aromatic carbocycles. The first-order chi connectivity index (χ1) is 13.9. The van der Waals surface area contributed by atoms with Gasteiger partial charge in [-0.1, -0.05) is 17.7 Å². The van der Waals surface area contributed by atoms with Crippen LogP contribution in [0.5, 0.6) is 5.75 Å². The predicted molar refractivity (Wildman–Crippen MR) is 110 cm³/mol.